The van der Waals surface area contributed by atoms with Crippen molar-refractivity contribution in [3.63, 3.8) is 0 Å². The maximum atomic E-state index is 11.3. The van der Waals surface area contributed by atoms with Crippen molar-refractivity contribution in [2.75, 3.05) is 11.9 Å². The molecule has 1 unspecified atom stereocenters. The fourth-order valence-corrected chi connectivity index (χ4v) is 2.59. The van der Waals surface area contributed by atoms with E-state index in [1.165, 1.54) is 0 Å². The van der Waals surface area contributed by atoms with Crippen molar-refractivity contribution in [2.45, 2.75) is 5.38 Å². The second-order valence-corrected chi connectivity index (χ2v) is 5.38. The Balaban J connectivity index is 1.94. The summed E-state index contributed by atoms with van der Waals surface area (Å²) in [7, 11) is 0. The van der Waals surface area contributed by atoms with E-state index < -0.39 is 0 Å². The maximum absolute atomic E-state index is 11.3. The van der Waals surface area contributed by atoms with Crippen molar-refractivity contribution < 1.29 is 9.53 Å². The molecule has 102 valence electrons. The molecule has 0 radical (unpaired) electrons. The van der Waals surface area contributed by atoms with Gasteiger partial charge in [-0.25, -0.2) is 0 Å². The molecule has 0 aliphatic carbocycles. The monoisotopic (exact) mass is 307 g/mol. The van der Waals surface area contributed by atoms with Crippen molar-refractivity contribution in [1.82, 2.24) is 0 Å². The number of ether oxygens (including phenoxy) is 1. The van der Waals surface area contributed by atoms with Crippen LogP contribution in [-0.4, -0.2) is 12.5 Å². The Labute approximate surface area is 126 Å². The summed E-state index contributed by atoms with van der Waals surface area (Å²) in [4.78, 5) is 11.3. The summed E-state index contributed by atoms with van der Waals surface area (Å²) >= 11 is 12.4. The Hall–Kier alpha value is -1.71. The number of nitrogens with one attached hydrogen (secondary N) is 1. The van der Waals surface area contributed by atoms with Crippen LogP contribution in [0.1, 0.15) is 16.5 Å². The average molecular weight is 308 g/mol. The molecule has 1 aliphatic heterocycles. The number of fused-ring (bicyclic) bond motifs is 1. The fourth-order valence-electron chi connectivity index (χ4n) is 2.12. The third kappa shape index (κ3) is 2.60. The molecular weight excluding hydrogens is 297 g/mol. The molecule has 3 rings (SSSR count). The lowest BCUT2D eigenvalue weighted by Crippen LogP contribution is -2.25. The normalized spacial score (nSPS) is 15.0. The molecule has 0 saturated carbocycles. The van der Waals surface area contributed by atoms with Crippen LogP contribution in [-0.2, 0) is 4.79 Å². The van der Waals surface area contributed by atoms with Crippen LogP contribution in [0.15, 0.2) is 42.5 Å². The lowest BCUT2D eigenvalue weighted by atomic mass is 10.0. The molecule has 1 heterocycles. The molecule has 1 atom stereocenters. The summed E-state index contributed by atoms with van der Waals surface area (Å²) in [6, 6.07) is 12.9. The Morgan fingerprint density at radius 2 is 1.95 bits per heavy atom. The fraction of sp³-hybridized carbons (Fsp3) is 0.133. The Kier molecular flexibility index (Phi) is 3.55. The molecule has 20 heavy (non-hydrogen) atoms. The molecule has 0 fully saturated rings. The number of carbonyl (C=O) groups is 1. The Bertz CT molecular complexity index is 673. The Morgan fingerprint density at radius 3 is 2.75 bits per heavy atom. The predicted octanol–water partition coefficient (Wildman–Crippen LogP) is 4.00. The highest BCUT2D eigenvalue weighted by atomic mass is 35.5. The minimum atomic E-state index is -0.335. The molecule has 5 heteroatoms. The van der Waals surface area contributed by atoms with Gasteiger partial charge in [0.15, 0.2) is 6.61 Å². The van der Waals surface area contributed by atoms with E-state index in [9.17, 15) is 4.79 Å². The number of hydrogen-bond donors (Lipinski definition) is 1. The van der Waals surface area contributed by atoms with Gasteiger partial charge in [0.05, 0.1) is 11.1 Å². The number of carbonyl (C=O) groups excluding carboxylic acids is 1. The molecular formula is C15H11Cl2NO2. The molecule has 0 spiro atoms. The van der Waals surface area contributed by atoms with Crippen molar-refractivity contribution >= 4 is 34.8 Å². The SMILES string of the molecule is O=C1COc2ccc(C(Cl)c3cccc(Cl)c3)cc2N1. The molecule has 3 nitrogen and oxygen atoms in total. The number of halogens is 2. The molecule has 0 aromatic heterocycles. The van der Waals surface area contributed by atoms with Crippen LogP contribution in [0, 0.1) is 0 Å². The topological polar surface area (TPSA) is 38.3 Å². The van der Waals surface area contributed by atoms with Gasteiger partial charge in [-0.1, -0.05) is 29.8 Å². The predicted molar refractivity (Wildman–Crippen MR) is 79.7 cm³/mol. The van der Waals surface area contributed by atoms with E-state index in [1.54, 1.807) is 6.07 Å². The van der Waals surface area contributed by atoms with Gasteiger partial charge in [0.25, 0.3) is 5.91 Å². The van der Waals surface area contributed by atoms with E-state index in [4.69, 9.17) is 27.9 Å². The first-order chi connectivity index (χ1) is 9.63. The Morgan fingerprint density at radius 1 is 1.15 bits per heavy atom. The van der Waals surface area contributed by atoms with Gasteiger partial charge < -0.3 is 10.1 Å². The number of benzene rings is 2. The van der Waals surface area contributed by atoms with E-state index in [2.05, 4.69) is 5.32 Å². The molecule has 1 aliphatic rings. The van der Waals surface area contributed by atoms with Gasteiger partial charge >= 0.3 is 0 Å². The third-order valence-corrected chi connectivity index (χ3v) is 3.81. The lowest BCUT2D eigenvalue weighted by molar-refractivity contribution is -0.118. The summed E-state index contributed by atoms with van der Waals surface area (Å²) in [6.07, 6.45) is 0. The van der Waals surface area contributed by atoms with Gasteiger partial charge in [0.1, 0.15) is 5.75 Å². The maximum Gasteiger partial charge on any atom is 0.262 e. The highest BCUT2D eigenvalue weighted by Gasteiger charge is 2.19. The van der Waals surface area contributed by atoms with Crippen LogP contribution in [0.5, 0.6) is 5.75 Å². The first-order valence-corrected chi connectivity index (χ1v) is 6.91. The van der Waals surface area contributed by atoms with Gasteiger partial charge in [-0.3, -0.25) is 4.79 Å². The minimum Gasteiger partial charge on any atom is -0.482 e. The summed E-state index contributed by atoms with van der Waals surface area (Å²) in [5.41, 5.74) is 2.42. The molecule has 2 aromatic carbocycles. The standard InChI is InChI=1S/C15H11Cl2NO2/c16-11-3-1-2-9(6-11)15(17)10-4-5-13-12(7-10)18-14(19)8-20-13/h1-7,15H,8H2,(H,18,19). The summed E-state index contributed by atoms with van der Waals surface area (Å²) in [5, 5.41) is 3.08. The van der Waals surface area contributed by atoms with Crippen molar-refractivity contribution in [3.8, 4) is 5.75 Å². The summed E-state index contributed by atoms with van der Waals surface area (Å²) in [6.45, 7) is 0.0466. The molecule has 0 bridgehead atoms. The summed E-state index contributed by atoms with van der Waals surface area (Å²) < 4.78 is 5.32. The highest BCUT2D eigenvalue weighted by molar-refractivity contribution is 6.30. The van der Waals surface area contributed by atoms with Crippen LogP contribution < -0.4 is 10.1 Å². The number of alkyl halides is 1. The second kappa shape index (κ2) is 5.35. The second-order valence-electron chi connectivity index (χ2n) is 4.51. The quantitative estimate of drug-likeness (QED) is 0.852. The molecule has 1 amide bonds. The van der Waals surface area contributed by atoms with Gasteiger partial charge in [-0.05, 0) is 35.4 Å². The number of anilines is 1. The highest BCUT2D eigenvalue weighted by Crippen LogP contribution is 2.35. The van der Waals surface area contributed by atoms with Crippen LogP contribution in [0.3, 0.4) is 0 Å². The van der Waals surface area contributed by atoms with Crippen LogP contribution in [0.4, 0.5) is 5.69 Å². The van der Waals surface area contributed by atoms with Crippen molar-refractivity contribution in [2.24, 2.45) is 0 Å². The van der Waals surface area contributed by atoms with Crippen LogP contribution in [0.25, 0.3) is 0 Å². The van der Waals surface area contributed by atoms with E-state index in [0.29, 0.717) is 16.5 Å². The van der Waals surface area contributed by atoms with E-state index in [1.807, 2.05) is 36.4 Å². The van der Waals surface area contributed by atoms with E-state index in [-0.39, 0.29) is 17.9 Å². The zero-order valence-corrected chi connectivity index (χ0v) is 11.9. The van der Waals surface area contributed by atoms with Crippen LogP contribution >= 0.6 is 23.2 Å². The first-order valence-electron chi connectivity index (χ1n) is 6.09. The number of hydrogen-bond acceptors (Lipinski definition) is 2. The molecule has 0 saturated heterocycles. The van der Waals surface area contributed by atoms with Crippen molar-refractivity contribution in [3.05, 3.63) is 58.6 Å². The van der Waals surface area contributed by atoms with E-state index >= 15 is 0 Å². The third-order valence-electron chi connectivity index (χ3n) is 3.07. The van der Waals surface area contributed by atoms with Gasteiger partial charge in [-0.2, -0.15) is 0 Å². The number of rotatable bonds is 2. The van der Waals surface area contributed by atoms with Gasteiger partial charge in [-0.15, -0.1) is 11.6 Å². The molecule has 1 N–H and O–H groups in total. The average Bonchev–Trinajstić information content (AvgIpc) is 2.45. The summed E-state index contributed by atoms with van der Waals surface area (Å²) in [5.74, 6) is 0.492. The zero-order chi connectivity index (χ0) is 14.1. The minimum absolute atomic E-state index is 0.0466. The number of amides is 1. The smallest absolute Gasteiger partial charge is 0.262 e. The van der Waals surface area contributed by atoms with E-state index in [0.717, 1.165) is 11.1 Å². The first kappa shape index (κ1) is 13.3. The van der Waals surface area contributed by atoms with Crippen molar-refractivity contribution in [1.29, 1.82) is 0 Å². The lowest BCUT2D eigenvalue weighted by Gasteiger charge is -2.20. The van der Waals surface area contributed by atoms with Gasteiger partial charge in [0.2, 0.25) is 0 Å². The van der Waals surface area contributed by atoms with Gasteiger partial charge in [0, 0.05) is 5.02 Å². The zero-order valence-electron chi connectivity index (χ0n) is 10.4. The molecule has 2 aromatic rings. The largest absolute Gasteiger partial charge is 0.482 e. The van der Waals surface area contributed by atoms with Crippen LogP contribution in [0.2, 0.25) is 5.02 Å².